The Balaban J connectivity index is 2.44. The summed E-state index contributed by atoms with van der Waals surface area (Å²) in [6.45, 7) is 10.6. The lowest BCUT2D eigenvalue weighted by Crippen LogP contribution is -2.53. The van der Waals surface area contributed by atoms with Crippen molar-refractivity contribution in [3.05, 3.63) is 59.7 Å². The SMILES string of the molecule is C#CN(C(=O)C(NC(=O)OC(C)(C)C)C(C)C)C(C(=O)Nc1ccc(OC)cc1)c1ccccc1C. The first-order valence-electron chi connectivity index (χ1n) is 11.7. The summed E-state index contributed by atoms with van der Waals surface area (Å²) in [5.74, 6) is -0.794. The number of methoxy groups -OCH3 is 1. The predicted octanol–water partition coefficient (Wildman–Crippen LogP) is 4.65. The maximum atomic E-state index is 13.7. The van der Waals surface area contributed by atoms with Crippen LogP contribution in [-0.4, -0.2) is 41.6 Å². The second-order valence-electron chi connectivity index (χ2n) is 9.68. The highest BCUT2D eigenvalue weighted by Gasteiger charge is 2.37. The lowest BCUT2D eigenvalue weighted by atomic mass is 9.96. The summed E-state index contributed by atoms with van der Waals surface area (Å²) in [6.07, 6.45) is 5.07. The van der Waals surface area contributed by atoms with E-state index in [2.05, 4.69) is 16.7 Å². The lowest BCUT2D eigenvalue weighted by Gasteiger charge is -2.32. The minimum absolute atomic E-state index is 0.331. The number of nitrogens with zero attached hydrogens (tertiary/aromatic N) is 1. The highest BCUT2D eigenvalue weighted by molar-refractivity contribution is 5.99. The molecule has 192 valence electrons. The quantitative estimate of drug-likeness (QED) is 0.412. The van der Waals surface area contributed by atoms with E-state index >= 15 is 0 Å². The van der Waals surface area contributed by atoms with Crippen LogP contribution in [0.15, 0.2) is 48.5 Å². The first-order valence-corrected chi connectivity index (χ1v) is 11.7. The highest BCUT2D eigenvalue weighted by Crippen LogP contribution is 2.27. The van der Waals surface area contributed by atoms with Gasteiger partial charge in [-0.2, -0.15) is 0 Å². The van der Waals surface area contributed by atoms with Gasteiger partial charge in [0.25, 0.3) is 11.8 Å². The van der Waals surface area contributed by atoms with Crippen molar-refractivity contribution in [2.24, 2.45) is 5.92 Å². The Hall–Kier alpha value is -3.99. The van der Waals surface area contributed by atoms with Crippen LogP contribution in [0.5, 0.6) is 5.75 Å². The molecule has 0 heterocycles. The number of aryl methyl sites for hydroxylation is 1. The Bertz CT molecular complexity index is 1110. The van der Waals surface area contributed by atoms with Gasteiger partial charge in [0.1, 0.15) is 23.4 Å². The van der Waals surface area contributed by atoms with Crippen molar-refractivity contribution >= 4 is 23.6 Å². The first kappa shape index (κ1) is 28.2. The molecule has 0 saturated heterocycles. The molecule has 0 aliphatic carbocycles. The van der Waals surface area contributed by atoms with Crippen LogP contribution in [0.4, 0.5) is 10.5 Å². The number of nitrogens with one attached hydrogen (secondary N) is 2. The molecule has 2 rings (SSSR count). The van der Waals surface area contributed by atoms with Crippen LogP contribution in [0.3, 0.4) is 0 Å². The van der Waals surface area contributed by atoms with E-state index in [-0.39, 0.29) is 5.92 Å². The molecule has 2 aromatic carbocycles. The maximum Gasteiger partial charge on any atom is 0.408 e. The molecule has 0 saturated carbocycles. The van der Waals surface area contributed by atoms with Crippen molar-refractivity contribution in [2.75, 3.05) is 12.4 Å². The molecule has 3 amide bonds. The maximum absolute atomic E-state index is 13.7. The Labute approximate surface area is 213 Å². The lowest BCUT2D eigenvalue weighted by molar-refractivity contribution is -0.137. The first-order chi connectivity index (χ1) is 16.9. The molecule has 0 aliphatic rings. The normalized spacial score (nSPS) is 12.6. The zero-order valence-corrected chi connectivity index (χ0v) is 21.9. The Kier molecular flexibility index (Phi) is 9.51. The molecule has 0 radical (unpaired) electrons. The number of rotatable bonds is 8. The van der Waals surface area contributed by atoms with Crippen LogP contribution < -0.4 is 15.4 Å². The van der Waals surface area contributed by atoms with Crippen LogP contribution in [0, 0.1) is 25.3 Å². The number of anilines is 1. The number of alkyl carbamates (subject to hydrolysis) is 1. The van der Waals surface area contributed by atoms with Gasteiger partial charge in [-0.05, 0) is 69.0 Å². The number of hydrogen-bond donors (Lipinski definition) is 2. The third-order valence-electron chi connectivity index (χ3n) is 5.33. The molecule has 8 nitrogen and oxygen atoms in total. The van der Waals surface area contributed by atoms with Crippen LogP contribution in [0.25, 0.3) is 0 Å². The molecule has 2 aromatic rings. The smallest absolute Gasteiger partial charge is 0.408 e. The van der Waals surface area contributed by atoms with Crippen LogP contribution in [0.2, 0.25) is 0 Å². The van der Waals surface area contributed by atoms with E-state index in [9.17, 15) is 14.4 Å². The summed E-state index contributed by atoms with van der Waals surface area (Å²) in [4.78, 5) is 40.8. The third kappa shape index (κ3) is 7.51. The standard InChI is InChI=1S/C28H35N3O5/c1-9-31(26(33)23(18(2)3)30-27(34)36-28(5,6)7)24(22-13-11-10-12-19(22)4)25(32)29-20-14-16-21(35-8)17-15-20/h1,10-18,23-24H,2-8H3,(H,29,32)(H,30,34). The number of amides is 3. The van der Waals surface area contributed by atoms with Gasteiger partial charge in [-0.1, -0.05) is 44.5 Å². The summed E-state index contributed by atoms with van der Waals surface area (Å²) in [5.41, 5.74) is 1.11. The number of hydrogen-bond acceptors (Lipinski definition) is 5. The zero-order valence-electron chi connectivity index (χ0n) is 21.9. The Morgan fingerprint density at radius 3 is 2.14 bits per heavy atom. The van der Waals surface area contributed by atoms with Gasteiger partial charge in [0.2, 0.25) is 0 Å². The fraction of sp³-hybridized carbons (Fsp3) is 0.393. The van der Waals surface area contributed by atoms with E-state index in [1.54, 1.807) is 78.1 Å². The number of benzene rings is 2. The van der Waals surface area contributed by atoms with Crippen LogP contribution in [0.1, 0.15) is 51.8 Å². The summed E-state index contributed by atoms with van der Waals surface area (Å²) in [7, 11) is 1.55. The number of carbonyl (C=O) groups excluding carboxylic acids is 3. The molecule has 2 N–H and O–H groups in total. The second-order valence-corrected chi connectivity index (χ2v) is 9.68. The molecule has 0 aromatic heterocycles. The van der Waals surface area contributed by atoms with E-state index in [0.29, 0.717) is 17.0 Å². The Morgan fingerprint density at radius 1 is 1.03 bits per heavy atom. The largest absolute Gasteiger partial charge is 0.497 e. The molecule has 0 spiro atoms. The fourth-order valence-electron chi connectivity index (χ4n) is 3.54. The summed E-state index contributed by atoms with van der Waals surface area (Å²) < 4.78 is 10.5. The van der Waals surface area contributed by atoms with Crippen molar-refractivity contribution in [3.8, 4) is 18.2 Å². The van der Waals surface area contributed by atoms with Crippen LogP contribution in [-0.2, 0) is 14.3 Å². The van der Waals surface area contributed by atoms with E-state index in [0.717, 1.165) is 10.5 Å². The van der Waals surface area contributed by atoms with Gasteiger partial charge in [-0.3, -0.25) is 14.5 Å². The van der Waals surface area contributed by atoms with Gasteiger partial charge in [0.05, 0.1) is 7.11 Å². The van der Waals surface area contributed by atoms with E-state index in [4.69, 9.17) is 15.9 Å². The molecule has 2 unspecified atom stereocenters. The molecule has 0 aliphatic heterocycles. The van der Waals surface area contributed by atoms with Crippen molar-refractivity contribution in [3.63, 3.8) is 0 Å². The molecular weight excluding hydrogens is 458 g/mol. The average Bonchev–Trinajstić information content (AvgIpc) is 2.80. The van der Waals surface area contributed by atoms with Crippen LogP contribution >= 0.6 is 0 Å². The van der Waals surface area contributed by atoms with Crippen molar-refractivity contribution in [2.45, 2.75) is 59.2 Å². The summed E-state index contributed by atoms with van der Waals surface area (Å²) in [6, 6.07) is 14.2. The molecule has 0 fully saturated rings. The van der Waals surface area contributed by atoms with Gasteiger partial charge in [-0.15, -0.1) is 0 Å². The van der Waals surface area contributed by atoms with Gasteiger partial charge >= 0.3 is 6.09 Å². The van der Waals surface area contributed by atoms with Crippen molar-refractivity contribution in [1.29, 1.82) is 0 Å². The Morgan fingerprint density at radius 2 is 1.64 bits per heavy atom. The molecular formula is C28H35N3O5. The van der Waals surface area contributed by atoms with E-state index < -0.39 is 35.6 Å². The molecule has 0 bridgehead atoms. The number of terminal acetylenes is 1. The van der Waals surface area contributed by atoms with E-state index in [1.165, 1.54) is 0 Å². The van der Waals surface area contributed by atoms with Gasteiger partial charge in [0, 0.05) is 11.7 Å². The average molecular weight is 494 g/mol. The second kappa shape index (κ2) is 12.1. The molecule has 8 heteroatoms. The topological polar surface area (TPSA) is 97.0 Å². The third-order valence-corrected chi connectivity index (χ3v) is 5.33. The molecule has 36 heavy (non-hydrogen) atoms. The molecule has 2 atom stereocenters. The van der Waals surface area contributed by atoms with Crippen molar-refractivity contribution < 1.29 is 23.9 Å². The summed E-state index contributed by atoms with van der Waals surface area (Å²) in [5, 5.41) is 5.45. The van der Waals surface area contributed by atoms with Gasteiger partial charge in [-0.25, -0.2) is 4.79 Å². The monoisotopic (exact) mass is 493 g/mol. The van der Waals surface area contributed by atoms with Gasteiger partial charge < -0.3 is 20.1 Å². The fourth-order valence-corrected chi connectivity index (χ4v) is 3.54. The summed E-state index contributed by atoms with van der Waals surface area (Å²) >= 11 is 0. The minimum Gasteiger partial charge on any atom is -0.497 e. The highest BCUT2D eigenvalue weighted by atomic mass is 16.6. The van der Waals surface area contributed by atoms with Crippen molar-refractivity contribution in [1.82, 2.24) is 10.2 Å². The zero-order chi connectivity index (χ0) is 27.0. The number of ether oxygens (including phenoxy) is 2. The number of carbonyl (C=O) groups is 3. The predicted molar refractivity (Wildman–Crippen MR) is 139 cm³/mol. The minimum atomic E-state index is -1.15. The van der Waals surface area contributed by atoms with E-state index in [1.807, 2.05) is 19.1 Å². The van der Waals surface area contributed by atoms with Gasteiger partial charge in [0.15, 0.2) is 0 Å².